The van der Waals surface area contributed by atoms with Crippen LogP contribution in [0.5, 0.6) is 0 Å². The molecule has 1 aromatic carbocycles. The van der Waals surface area contributed by atoms with Gasteiger partial charge in [0, 0.05) is 0 Å². The second kappa shape index (κ2) is 5.93. The number of carbonyl (C=O) groups is 1. The van der Waals surface area contributed by atoms with E-state index in [4.69, 9.17) is 14.9 Å². The minimum atomic E-state index is -4.41. The van der Waals surface area contributed by atoms with Crippen LogP contribution in [0.1, 0.15) is 11.1 Å². The van der Waals surface area contributed by atoms with Crippen molar-refractivity contribution in [2.24, 2.45) is 0 Å². The number of aliphatic carboxylic acids is 1. The third-order valence-corrected chi connectivity index (χ3v) is 2.55. The number of rotatable bonds is 6. The van der Waals surface area contributed by atoms with E-state index in [1.54, 1.807) is 24.3 Å². The maximum Gasteiger partial charge on any atom is 0.469 e. The van der Waals surface area contributed by atoms with E-state index < -0.39 is 13.8 Å². The maximum atomic E-state index is 10.4. The van der Waals surface area contributed by atoms with Gasteiger partial charge in [-0.2, -0.15) is 0 Å². The average molecular weight is 260 g/mol. The minimum absolute atomic E-state index is 0.0424. The van der Waals surface area contributed by atoms with Crippen molar-refractivity contribution in [3.8, 4) is 0 Å². The molecule has 0 aliphatic heterocycles. The lowest BCUT2D eigenvalue weighted by molar-refractivity contribution is -0.136. The van der Waals surface area contributed by atoms with Crippen LogP contribution >= 0.6 is 7.82 Å². The molecule has 7 heteroatoms. The fraction of sp³-hybridized carbons (Fsp3) is 0.300. The number of hydrogen-bond donors (Lipinski definition) is 3. The predicted molar refractivity (Wildman–Crippen MR) is 59.5 cm³/mol. The Morgan fingerprint density at radius 1 is 1.18 bits per heavy atom. The monoisotopic (exact) mass is 260 g/mol. The van der Waals surface area contributed by atoms with E-state index >= 15 is 0 Å². The van der Waals surface area contributed by atoms with Crippen molar-refractivity contribution in [1.82, 2.24) is 0 Å². The molecule has 0 saturated heterocycles. The van der Waals surface area contributed by atoms with Gasteiger partial charge >= 0.3 is 13.8 Å². The van der Waals surface area contributed by atoms with Crippen molar-refractivity contribution in [3.05, 3.63) is 35.4 Å². The number of carboxylic acids is 1. The summed E-state index contributed by atoms with van der Waals surface area (Å²) in [6.07, 6.45) is 0.317. The number of benzene rings is 1. The van der Waals surface area contributed by atoms with Gasteiger partial charge in [0.25, 0.3) is 0 Å². The van der Waals surface area contributed by atoms with Crippen molar-refractivity contribution < 1.29 is 28.8 Å². The minimum Gasteiger partial charge on any atom is -0.481 e. The summed E-state index contributed by atoms with van der Waals surface area (Å²) in [5.41, 5.74) is 1.50. The summed E-state index contributed by atoms with van der Waals surface area (Å²) in [5, 5.41) is 8.56. The molecule has 0 aliphatic rings. The highest BCUT2D eigenvalue weighted by Gasteiger charge is 2.12. The van der Waals surface area contributed by atoms with E-state index in [0.717, 1.165) is 5.56 Å². The number of phosphoric acid groups is 1. The standard InChI is InChI=1S/C10H13O6P/c11-10(12)7-9-3-1-8(2-4-9)5-6-16-17(13,14)15/h1-4H,5-7H2,(H,11,12)(H2,13,14,15). The molecule has 0 heterocycles. The zero-order chi connectivity index (χ0) is 12.9. The number of hydrogen-bond acceptors (Lipinski definition) is 3. The van der Waals surface area contributed by atoms with Gasteiger partial charge in [-0.25, -0.2) is 4.57 Å². The van der Waals surface area contributed by atoms with Crippen molar-refractivity contribution in [1.29, 1.82) is 0 Å². The molecule has 0 fully saturated rings. The molecular formula is C10H13O6P. The van der Waals surface area contributed by atoms with E-state index in [9.17, 15) is 9.36 Å². The molecule has 3 N–H and O–H groups in total. The van der Waals surface area contributed by atoms with Gasteiger partial charge in [-0.05, 0) is 17.5 Å². The first-order valence-corrected chi connectivity index (χ1v) is 6.39. The van der Waals surface area contributed by atoms with Crippen LogP contribution in [0.4, 0.5) is 0 Å². The third-order valence-electron chi connectivity index (χ3n) is 2.03. The first-order valence-electron chi connectivity index (χ1n) is 4.86. The highest BCUT2D eigenvalue weighted by Crippen LogP contribution is 2.35. The summed E-state index contributed by atoms with van der Waals surface area (Å²) in [4.78, 5) is 27.4. The van der Waals surface area contributed by atoms with E-state index in [-0.39, 0.29) is 13.0 Å². The molecule has 1 rings (SSSR count). The lowest BCUT2D eigenvalue weighted by Gasteiger charge is -2.05. The van der Waals surface area contributed by atoms with E-state index in [1.807, 2.05) is 0 Å². The normalized spacial score (nSPS) is 11.4. The molecule has 6 nitrogen and oxygen atoms in total. The summed E-state index contributed by atoms with van der Waals surface area (Å²) >= 11 is 0. The first kappa shape index (κ1) is 13.9. The predicted octanol–water partition coefficient (Wildman–Crippen LogP) is 0.966. The molecular weight excluding hydrogens is 247 g/mol. The van der Waals surface area contributed by atoms with Crippen LogP contribution in [0.3, 0.4) is 0 Å². The van der Waals surface area contributed by atoms with Crippen LogP contribution in [0, 0.1) is 0 Å². The first-order chi connectivity index (χ1) is 7.87. The smallest absolute Gasteiger partial charge is 0.469 e. The fourth-order valence-corrected chi connectivity index (χ4v) is 1.61. The van der Waals surface area contributed by atoms with Crippen molar-refractivity contribution in [2.45, 2.75) is 12.8 Å². The van der Waals surface area contributed by atoms with Gasteiger partial charge in [0.1, 0.15) is 0 Å². The zero-order valence-electron chi connectivity index (χ0n) is 8.94. The molecule has 0 unspecified atom stereocenters. The van der Waals surface area contributed by atoms with Crippen LogP contribution in [0.15, 0.2) is 24.3 Å². The summed E-state index contributed by atoms with van der Waals surface area (Å²) in [5.74, 6) is -0.900. The lowest BCUT2D eigenvalue weighted by atomic mass is 10.1. The van der Waals surface area contributed by atoms with Crippen molar-refractivity contribution in [3.63, 3.8) is 0 Å². The molecule has 0 aromatic heterocycles. The van der Waals surface area contributed by atoms with E-state index in [0.29, 0.717) is 12.0 Å². The van der Waals surface area contributed by atoms with Gasteiger partial charge in [-0.15, -0.1) is 0 Å². The van der Waals surface area contributed by atoms with Crippen molar-refractivity contribution >= 4 is 13.8 Å². The maximum absolute atomic E-state index is 10.4. The van der Waals surface area contributed by atoms with Crippen LogP contribution in [0.25, 0.3) is 0 Å². The largest absolute Gasteiger partial charge is 0.481 e. The Bertz CT molecular complexity index is 421. The highest BCUT2D eigenvalue weighted by molar-refractivity contribution is 7.46. The van der Waals surface area contributed by atoms with Crippen LogP contribution in [0.2, 0.25) is 0 Å². The SMILES string of the molecule is O=C(O)Cc1ccc(CCOP(=O)(O)O)cc1. The molecule has 0 radical (unpaired) electrons. The average Bonchev–Trinajstić information content (AvgIpc) is 2.18. The van der Waals surface area contributed by atoms with Crippen molar-refractivity contribution in [2.75, 3.05) is 6.61 Å². The highest BCUT2D eigenvalue weighted by atomic mass is 31.2. The second-order valence-electron chi connectivity index (χ2n) is 3.46. The molecule has 94 valence electrons. The Hall–Kier alpha value is -1.20. The Balaban J connectivity index is 2.46. The molecule has 0 bridgehead atoms. The molecule has 1 aromatic rings. The Morgan fingerprint density at radius 3 is 2.18 bits per heavy atom. The zero-order valence-corrected chi connectivity index (χ0v) is 9.84. The molecule has 0 saturated carbocycles. The summed E-state index contributed by atoms with van der Waals surface area (Å²) in [6.45, 7) is -0.0808. The van der Waals surface area contributed by atoms with Gasteiger partial charge in [-0.3, -0.25) is 9.32 Å². The van der Waals surface area contributed by atoms with Crippen LogP contribution < -0.4 is 0 Å². The molecule has 17 heavy (non-hydrogen) atoms. The Morgan fingerprint density at radius 2 is 1.71 bits per heavy atom. The molecule has 0 aliphatic carbocycles. The molecule has 0 spiro atoms. The molecule has 0 amide bonds. The lowest BCUT2D eigenvalue weighted by Crippen LogP contribution is -2.01. The summed E-state index contributed by atoms with van der Waals surface area (Å²) in [6, 6.07) is 6.75. The van der Waals surface area contributed by atoms with E-state index in [2.05, 4.69) is 4.52 Å². The summed E-state index contributed by atoms with van der Waals surface area (Å²) in [7, 11) is -4.41. The number of phosphoric ester groups is 1. The van der Waals surface area contributed by atoms with E-state index in [1.165, 1.54) is 0 Å². The van der Waals surface area contributed by atoms with Gasteiger partial charge in [0.2, 0.25) is 0 Å². The fourth-order valence-electron chi connectivity index (χ4n) is 1.28. The van der Waals surface area contributed by atoms with Gasteiger partial charge in [-0.1, -0.05) is 24.3 Å². The van der Waals surface area contributed by atoms with Gasteiger partial charge < -0.3 is 14.9 Å². The van der Waals surface area contributed by atoms with Crippen LogP contribution in [-0.4, -0.2) is 27.5 Å². The quantitative estimate of drug-likeness (QED) is 0.658. The third kappa shape index (κ3) is 6.19. The Kier molecular flexibility index (Phi) is 4.84. The number of carboxylic acid groups (broad SMARTS) is 1. The van der Waals surface area contributed by atoms with Gasteiger partial charge in [0.05, 0.1) is 13.0 Å². The Labute approximate surface area is 98.1 Å². The topological polar surface area (TPSA) is 104 Å². The summed E-state index contributed by atoms with van der Waals surface area (Å²) < 4.78 is 14.7. The molecule has 0 atom stereocenters. The van der Waals surface area contributed by atoms with Crippen LogP contribution in [-0.2, 0) is 26.7 Å². The second-order valence-corrected chi connectivity index (χ2v) is 4.70. The van der Waals surface area contributed by atoms with Gasteiger partial charge in [0.15, 0.2) is 0 Å².